The van der Waals surface area contributed by atoms with Gasteiger partial charge >= 0.3 is 5.97 Å². The van der Waals surface area contributed by atoms with Gasteiger partial charge in [-0.25, -0.2) is 9.78 Å². The molecule has 0 atom stereocenters. The Morgan fingerprint density at radius 3 is 2.97 bits per heavy atom. The number of hydrogen-bond acceptors (Lipinski definition) is 8. The fourth-order valence-corrected chi connectivity index (χ4v) is 4.27. The lowest BCUT2D eigenvalue weighted by molar-refractivity contribution is -0.143. The monoisotopic (exact) mass is 410 g/mol. The van der Waals surface area contributed by atoms with E-state index in [1.165, 1.54) is 6.08 Å². The fraction of sp³-hybridized carbons (Fsp3) is 0.238. The minimum absolute atomic E-state index is 0.141. The first-order valence-electron chi connectivity index (χ1n) is 9.16. The number of carbonyl (C=O) groups excluding carboxylic acids is 1. The number of fused-ring (bicyclic) bond motifs is 2. The molecule has 1 saturated heterocycles. The van der Waals surface area contributed by atoms with Gasteiger partial charge in [-0.3, -0.25) is 0 Å². The minimum Gasteiger partial charge on any atom is -0.494 e. The van der Waals surface area contributed by atoms with Crippen molar-refractivity contribution < 1.29 is 23.7 Å². The molecule has 3 aromatic rings. The van der Waals surface area contributed by atoms with Gasteiger partial charge in [-0.05, 0) is 35.9 Å². The van der Waals surface area contributed by atoms with Crippen molar-refractivity contribution in [2.75, 3.05) is 31.9 Å². The van der Waals surface area contributed by atoms with Crippen molar-refractivity contribution in [3.63, 3.8) is 0 Å². The first-order valence-corrected chi connectivity index (χ1v) is 9.98. The Bertz CT molecular complexity index is 1100. The summed E-state index contributed by atoms with van der Waals surface area (Å²) in [5.74, 6) is 1.80. The molecule has 5 rings (SSSR count). The summed E-state index contributed by atoms with van der Waals surface area (Å²) in [6, 6.07) is 11.4. The summed E-state index contributed by atoms with van der Waals surface area (Å²) < 4.78 is 22.6. The minimum atomic E-state index is -0.363. The molecule has 2 aromatic carbocycles. The number of anilines is 1. The summed E-state index contributed by atoms with van der Waals surface area (Å²) in [5.41, 5.74) is 1.71. The zero-order chi connectivity index (χ0) is 19.8. The predicted molar refractivity (Wildman–Crippen MR) is 110 cm³/mol. The van der Waals surface area contributed by atoms with Crippen molar-refractivity contribution in [2.45, 2.75) is 6.10 Å². The third kappa shape index (κ3) is 3.47. The Morgan fingerprint density at radius 2 is 2.10 bits per heavy atom. The smallest absolute Gasteiger partial charge is 0.331 e. The maximum atomic E-state index is 12.1. The van der Waals surface area contributed by atoms with Gasteiger partial charge in [0.1, 0.15) is 17.4 Å². The normalized spacial score (nSPS) is 15.7. The highest BCUT2D eigenvalue weighted by atomic mass is 32.1. The number of aromatic nitrogens is 1. The van der Waals surface area contributed by atoms with Crippen molar-refractivity contribution in [1.82, 2.24) is 4.98 Å². The van der Waals surface area contributed by atoms with Crippen LogP contribution in [0.15, 0.2) is 42.5 Å². The van der Waals surface area contributed by atoms with Gasteiger partial charge in [0.2, 0.25) is 6.79 Å². The van der Waals surface area contributed by atoms with Crippen LogP contribution in [0.1, 0.15) is 5.56 Å². The average molecular weight is 410 g/mol. The van der Waals surface area contributed by atoms with Gasteiger partial charge in [-0.15, -0.1) is 0 Å². The van der Waals surface area contributed by atoms with Gasteiger partial charge in [0.25, 0.3) is 0 Å². The van der Waals surface area contributed by atoms with Crippen molar-refractivity contribution in [2.24, 2.45) is 0 Å². The lowest BCUT2D eigenvalue weighted by Crippen LogP contribution is -2.52. The molecular weight excluding hydrogens is 392 g/mol. The second-order valence-corrected chi connectivity index (χ2v) is 7.72. The van der Waals surface area contributed by atoms with E-state index < -0.39 is 0 Å². The first kappa shape index (κ1) is 17.8. The molecule has 0 unspecified atom stereocenters. The molecular formula is C21H18N2O5S. The van der Waals surface area contributed by atoms with Gasteiger partial charge in [0.05, 0.1) is 24.9 Å². The van der Waals surface area contributed by atoms with E-state index >= 15 is 0 Å². The van der Waals surface area contributed by atoms with Crippen LogP contribution < -0.4 is 19.1 Å². The van der Waals surface area contributed by atoms with E-state index in [1.54, 1.807) is 24.5 Å². The summed E-state index contributed by atoms with van der Waals surface area (Å²) in [6.45, 7) is 1.49. The lowest BCUT2D eigenvalue weighted by atomic mass is 10.2. The van der Waals surface area contributed by atoms with E-state index in [0.717, 1.165) is 26.7 Å². The summed E-state index contributed by atoms with van der Waals surface area (Å²) in [6.07, 6.45) is 3.00. The Balaban J connectivity index is 1.17. The molecule has 29 heavy (non-hydrogen) atoms. The van der Waals surface area contributed by atoms with E-state index in [0.29, 0.717) is 24.6 Å². The summed E-state index contributed by atoms with van der Waals surface area (Å²) in [4.78, 5) is 18.9. The largest absolute Gasteiger partial charge is 0.494 e. The number of nitrogens with zero attached hydrogens (tertiary/aromatic N) is 2. The number of thiazole rings is 1. The van der Waals surface area contributed by atoms with Crippen molar-refractivity contribution in [3.05, 3.63) is 48.0 Å². The number of hydrogen-bond donors (Lipinski definition) is 0. The van der Waals surface area contributed by atoms with E-state index in [-0.39, 0.29) is 18.9 Å². The molecule has 0 aliphatic carbocycles. The molecule has 0 bridgehead atoms. The topological polar surface area (TPSA) is 70.1 Å². The molecule has 148 valence electrons. The van der Waals surface area contributed by atoms with Crippen LogP contribution in [0, 0.1) is 0 Å². The van der Waals surface area contributed by atoms with Gasteiger partial charge in [0, 0.05) is 6.08 Å². The van der Waals surface area contributed by atoms with E-state index in [9.17, 15) is 4.79 Å². The standard InChI is InChI=1S/C21H18N2O5S/c1-25-16-3-2-4-18-20(16)22-21(29-18)23-10-14(11-23)28-19(24)8-6-13-5-7-15-17(9-13)27-12-26-15/h2-9,14H,10-12H2,1H3. The molecule has 0 radical (unpaired) electrons. The second-order valence-electron chi connectivity index (χ2n) is 6.71. The summed E-state index contributed by atoms with van der Waals surface area (Å²) in [5, 5.41) is 0.910. The van der Waals surface area contributed by atoms with Crippen molar-refractivity contribution >= 4 is 38.7 Å². The highest BCUT2D eigenvalue weighted by Gasteiger charge is 2.32. The number of para-hydroxylation sites is 1. The quantitative estimate of drug-likeness (QED) is 0.471. The van der Waals surface area contributed by atoms with E-state index in [1.807, 2.05) is 36.4 Å². The summed E-state index contributed by atoms with van der Waals surface area (Å²) >= 11 is 1.61. The number of ether oxygens (including phenoxy) is 4. The van der Waals surface area contributed by atoms with Gasteiger partial charge in [0.15, 0.2) is 16.6 Å². The number of benzene rings is 2. The number of carbonyl (C=O) groups is 1. The number of esters is 1. The van der Waals surface area contributed by atoms with Crippen LogP contribution in [-0.2, 0) is 9.53 Å². The molecule has 2 aliphatic rings. The Kier molecular flexibility index (Phi) is 4.48. The van der Waals surface area contributed by atoms with Crippen LogP contribution in [-0.4, -0.2) is 44.0 Å². The van der Waals surface area contributed by atoms with Crippen molar-refractivity contribution in [3.8, 4) is 17.2 Å². The second kappa shape index (κ2) is 7.29. The summed E-state index contributed by atoms with van der Waals surface area (Å²) in [7, 11) is 1.64. The number of methoxy groups -OCH3 is 1. The SMILES string of the molecule is COc1cccc2sc(N3CC(OC(=O)C=Cc4ccc5c(c4)OCO5)C3)nc12. The average Bonchev–Trinajstić information content (AvgIpc) is 3.34. The highest BCUT2D eigenvalue weighted by molar-refractivity contribution is 7.22. The van der Waals surface area contributed by atoms with Crippen LogP contribution in [0.3, 0.4) is 0 Å². The number of rotatable bonds is 5. The Labute approximate surface area is 171 Å². The predicted octanol–water partition coefficient (Wildman–Crippen LogP) is 3.48. The third-order valence-electron chi connectivity index (χ3n) is 4.80. The molecule has 0 N–H and O–H groups in total. The maximum absolute atomic E-state index is 12.1. The lowest BCUT2D eigenvalue weighted by Gasteiger charge is -2.37. The van der Waals surface area contributed by atoms with Crippen LogP contribution in [0.5, 0.6) is 17.2 Å². The zero-order valence-electron chi connectivity index (χ0n) is 15.7. The molecule has 0 saturated carbocycles. The van der Waals surface area contributed by atoms with Gasteiger partial charge in [-0.2, -0.15) is 0 Å². The molecule has 3 heterocycles. The Morgan fingerprint density at radius 1 is 1.24 bits per heavy atom. The van der Waals surface area contributed by atoms with E-state index in [2.05, 4.69) is 9.88 Å². The van der Waals surface area contributed by atoms with Gasteiger partial charge in [-0.1, -0.05) is 23.5 Å². The molecule has 0 amide bonds. The van der Waals surface area contributed by atoms with E-state index in [4.69, 9.17) is 18.9 Å². The first-order chi connectivity index (χ1) is 14.2. The molecule has 7 nitrogen and oxygen atoms in total. The molecule has 0 spiro atoms. The van der Waals surface area contributed by atoms with Crippen LogP contribution >= 0.6 is 11.3 Å². The van der Waals surface area contributed by atoms with Crippen LogP contribution in [0.2, 0.25) is 0 Å². The molecule has 2 aliphatic heterocycles. The van der Waals surface area contributed by atoms with Crippen LogP contribution in [0.25, 0.3) is 16.3 Å². The van der Waals surface area contributed by atoms with Gasteiger partial charge < -0.3 is 23.8 Å². The Hall–Kier alpha value is -3.26. The maximum Gasteiger partial charge on any atom is 0.331 e. The molecule has 8 heteroatoms. The van der Waals surface area contributed by atoms with Crippen molar-refractivity contribution in [1.29, 1.82) is 0 Å². The zero-order valence-corrected chi connectivity index (χ0v) is 16.5. The fourth-order valence-electron chi connectivity index (χ4n) is 3.27. The molecule has 1 aromatic heterocycles. The van der Waals surface area contributed by atoms with Crippen LogP contribution in [0.4, 0.5) is 5.13 Å². The third-order valence-corrected chi connectivity index (χ3v) is 5.88. The highest BCUT2D eigenvalue weighted by Crippen LogP contribution is 2.36. The molecule has 1 fully saturated rings.